The molecule has 0 radical (unpaired) electrons. The highest BCUT2D eigenvalue weighted by Gasteiger charge is 2.48. The molecule has 0 N–H and O–H groups in total. The fourth-order valence-corrected chi connectivity index (χ4v) is 6.74. The molecule has 3 nitrogen and oxygen atoms in total. The van der Waals surface area contributed by atoms with E-state index in [0.29, 0.717) is 16.2 Å². The maximum atomic E-state index is 2.82. The predicted octanol–water partition coefficient (Wildman–Crippen LogP) is 4.72. The Kier molecular flexibility index (Phi) is 5.92. The van der Waals surface area contributed by atoms with E-state index in [1.54, 1.807) is 0 Å². The number of piperidine rings is 2. The van der Waals surface area contributed by atoms with Crippen molar-refractivity contribution in [3.8, 4) is 0 Å². The van der Waals surface area contributed by atoms with Crippen LogP contribution in [0.3, 0.4) is 0 Å². The summed E-state index contributed by atoms with van der Waals surface area (Å²) in [5.74, 6) is 0.865. The molecule has 1 spiro atoms. The summed E-state index contributed by atoms with van der Waals surface area (Å²) in [5.41, 5.74) is 1.94. The summed E-state index contributed by atoms with van der Waals surface area (Å²) in [7, 11) is 0. The summed E-state index contributed by atoms with van der Waals surface area (Å²) in [6.07, 6.45) is 10.1. The molecule has 4 fully saturated rings. The molecular formula is C25H47N3. The Hall–Kier alpha value is -0.120. The Morgan fingerprint density at radius 3 is 1.82 bits per heavy atom. The molecule has 162 valence electrons. The van der Waals surface area contributed by atoms with Crippen LogP contribution in [0.2, 0.25) is 0 Å². The molecule has 0 bridgehead atoms. The van der Waals surface area contributed by atoms with Gasteiger partial charge in [0.15, 0.2) is 0 Å². The van der Waals surface area contributed by atoms with Crippen LogP contribution >= 0.6 is 0 Å². The van der Waals surface area contributed by atoms with Crippen molar-refractivity contribution < 1.29 is 0 Å². The highest BCUT2D eigenvalue weighted by Crippen LogP contribution is 2.52. The molecule has 0 unspecified atom stereocenters. The van der Waals surface area contributed by atoms with Crippen LogP contribution in [0.4, 0.5) is 0 Å². The Morgan fingerprint density at radius 2 is 1.32 bits per heavy atom. The largest absolute Gasteiger partial charge is 0.303 e. The van der Waals surface area contributed by atoms with Crippen LogP contribution in [0.15, 0.2) is 0 Å². The second-order valence-electron chi connectivity index (χ2n) is 12.5. The van der Waals surface area contributed by atoms with E-state index in [9.17, 15) is 0 Å². The van der Waals surface area contributed by atoms with Crippen LogP contribution in [0.25, 0.3) is 0 Å². The Morgan fingerprint density at radius 1 is 0.714 bits per heavy atom. The van der Waals surface area contributed by atoms with Gasteiger partial charge in [-0.05, 0) is 107 Å². The molecule has 1 saturated carbocycles. The van der Waals surface area contributed by atoms with E-state index >= 15 is 0 Å². The first-order valence-electron chi connectivity index (χ1n) is 12.4. The summed E-state index contributed by atoms with van der Waals surface area (Å²) < 4.78 is 0. The maximum absolute atomic E-state index is 2.82. The zero-order chi connectivity index (χ0) is 20.0. The van der Waals surface area contributed by atoms with Crippen molar-refractivity contribution in [1.29, 1.82) is 0 Å². The van der Waals surface area contributed by atoms with E-state index in [2.05, 4.69) is 49.3 Å². The van der Waals surface area contributed by atoms with Gasteiger partial charge in [-0.15, -0.1) is 0 Å². The third-order valence-corrected chi connectivity index (χ3v) is 8.73. The summed E-state index contributed by atoms with van der Waals surface area (Å²) in [5, 5.41) is 0. The highest BCUT2D eigenvalue weighted by molar-refractivity contribution is 5.01. The van der Waals surface area contributed by atoms with Crippen LogP contribution in [0, 0.1) is 22.2 Å². The quantitative estimate of drug-likeness (QED) is 0.624. The van der Waals surface area contributed by atoms with Gasteiger partial charge in [0.2, 0.25) is 0 Å². The van der Waals surface area contributed by atoms with Gasteiger partial charge < -0.3 is 14.7 Å². The molecule has 0 atom stereocenters. The van der Waals surface area contributed by atoms with Crippen molar-refractivity contribution in [3.63, 3.8) is 0 Å². The molecule has 3 saturated heterocycles. The minimum absolute atomic E-state index is 0.561. The number of nitrogens with zero attached hydrogens (tertiary/aromatic N) is 3. The first kappa shape index (κ1) is 21.1. The van der Waals surface area contributed by atoms with Gasteiger partial charge in [0.25, 0.3) is 0 Å². The van der Waals surface area contributed by atoms with Crippen LogP contribution < -0.4 is 0 Å². The van der Waals surface area contributed by atoms with Gasteiger partial charge in [-0.25, -0.2) is 0 Å². The molecule has 3 heteroatoms. The zero-order valence-corrected chi connectivity index (χ0v) is 19.6. The van der Waals surface area contributed by atoms with Crippen LogP contribution in [-0.2, 0) is 0 Å². The first-order valence-corrected chi connectivity index (χ1v) is 12.4. The van der Waals surface area contributed by atoms with Gasteiger partial charge in [0.05, 0.1) is 0 Å². The molecular weight excluding hydrogens is 342 g/mol. The lowest BCUT2D eigenvalue weighted by atomic mass is 9.70. The third-order valence-electron chi connectivity index (χ3n) is 8.73. The van der Waals surface area contributed by atoms with Crippen molar-refractivity contribution in [3.05, 3.63) is 0 Å². The van der Waals surface area contributed by atoms with E-state index in [0.717, 1.165) is 12.0 Å². The van der Waals surface area contributed by atoms with Gasteiger partial charge in [-0.3, -0.25) is 0 Å². The van der Waals surface area contributed by atoms with Crippen molar-refractivity contribution in [2.24, 2.45) is 22.2 Å². The summed E-state index contributed by atoms with van der Waals surface area (Å²) in [6, 6.07) is 0.730. The van der Waals surface area contributed by atoms with E-state index < -0.39 is 0 Å². The van der Waals surface area contributed by atoms with Gasteiger partial charge >= 0.3 is 0 Å². The predicted molar refractivity (Wildman–Crippen MR) is 120 cm³/mol. The lowest BCUT2D eigenvalue weighted by Gasteiger charge is -2.57. The van der Waals surface area contributed by atoms with Crippen molar-refractivity contribution >= 4 is 0 Å². The number of hydrogen-bond donors (Lipinski definition) is 0. The molecule has 3 heterocycles. The van der Waals surface area contributed by atoms with E-state index in [-0.39, 0.29) is 0 Å². The number of rotatable bonds is 7. The van der Waals surface area contributed by atoms with E-state index in [1.165, 1.54) is 97.3 Å². The minimum atomic E-state index is 0.561. The molecule has 0 aromatic heterocycles. The van der Waals surface area contributed by atoms with Crippen molar-refractivity contribution in [1.82, 2.24) is 14.7 Å². The molecule has 0 amide bonds. The molecule has 4 aliphatic rings. The number of hydrogen-bond acceptors (Lipinski definition) is 3. The molecule has 3 aliphatic heterocycles. The summed E-state index contributed by atoms with van der Waals surface area (Å²) in [6.45, 7) is 23.0. The Balaban J connectivity index is 1.18. The average molecular weight is 390 g/mol. The summed E-state index contributed by atoms with van der Waals surface area (Å²) >= 11 is 0. The zero-order valence-electron chi connectivity index (χ0n) is 19.6. The maximum Gasteiger partial charge on any atom is 0.00517 e. The van der Waals surface area contributed by atoms with Crippen LogP contribution in [-0.4, -0.2) is 73.1 Å². The Bertz CT molecular complexity index is 512. The lowest BCUT2D eigenvalue weighted by molar-refractivity contribution is -0.0746. The average Bonchev–Trinajstić information content (AvgIpc) is 3.34. The van der Waals surface area contributed by atoms with E-state index in [1.807, 2.05) is 0 Å². The highest BCUT2D eigenvalue weighted by atomic mass is 15.2. The SMILES string of the molecule is CC(C)CC1(CN2CCC(C)(CN3CC4(CCN(C(C)C)CC4)C3)CC2)CC1. The molecule has 4 rings (SSSR count). The monoisotopic (exact) mass is 389 g/mol. The van der Waals surface area contributed by atoms with E-state index in [4.69, 9.17) is 0 Å². The third kappa shape index (κ3) is 4.78. The molecule has 28 heavy (non-hydrogen) atoms. The van der Waals surface area contributed by atoms with Gasteiger partial charge in [-0.2, -0.15) is 0 Å². The Labute approximate surface area is 175 Å². The van der Waals surface area contributed by atoms with Crippen LogP contribution in [0.1, 0.15) is 79.6 Å². The fraction of sp³-hybridized carbons (Fsp3) is 1.00. The first-order chi connectivity index (χ1) is 13.2. The second-order valence-corrected chi connectivity index (χ2v) is 12.5. The van der Waals surface area contributed by atoms with Gasteiger partial charge in [0.1, 0.15) is 0 Å². The van der Waals surface area contributed by atoms with Crippen molar-refractivity contribution in [2.75, 3.05) is 52.4 Å². The normalized spacial score (nSPS) is 30.1. The number of likely N-dealkylation sites (tertiary alicyclic amines) is 3. The van der Waals surface area contributed by atoms with Crippen LogP contribution in [0.5, 0.6) is 0 Å². The lowest BCUT2D eigenvalue weighted by Crippen LogP contribution is -2.62. The second kappa shape index (κ2) is 7.85. The standard InChI is InChI=1S/C25H47N3/c1-21(2)16-24(6-7-24)18-26-12-8-23(5,9-13-26)17-27-19-25(20-27)10-14-28(15-11-25)22(3)4/h21-22H,6-20H2,1-5H3. The summed E-state index contributed by atoms with van der Waals surface area (Å²) in [4.78, 5) is 8.30. The van der Waals surface area contributed by atoms with Crippen molar-refractivity contribution in [2.45, 2.75) is 85.6 Å². The fourth-order valence-electron chi connectivity index (χ4n) is 6.74. The molecule has 0 aromatic carbocycles. The molecule has 0 aromatic rings. The minimum Gasteiger partial charge on any atom is -0.303 e. The smallest absolute Gasteiger partial charge is 0.00517 e. The van der Waals surface area contributed by atoms with Gasteiger partial charge in [0, 0.05) is 32.2 Å². The molecule has 1 aliphatic carbocycles. The topological polar surface area (TPSA) is 9.72 Å². The van der Waals surface area contributed by atoms with Gasteiger partial charge in [-0.1, -0.05) is 20.8 Å².